The topological polar surface area (TPSA) is 35.5 Å². The van der Waals surface area contributed by atoms with Crippen LogP contribution >= 0.6 is 0 Å². The van der Waals surface area contributed by atoms with Crippen molar-refractivity contribution >= 4 is 5.97 Å². The molecule has 0 aromatic heterocycles. The molecule has 38 heavy (non-hydrogen) atoms. The quantitative estimate of drug-likeness (QED) is 0.0932. The number of rotatable bonds is 21. The molecule has 0 fully saturated rings. The van der Waals surface area contributed by atoms with Gasteiger partial charge in [-0.3, -0.25) is 0 Å². The van der Waals surface area contributed by atoms with Gasteiger partial charge in [-0.15, -0.1) is 0 Å². The Labute approximate surface area is 233 Å². The number of unbranched alkanes of at least 4 members (excludes halogenated alkanes) is 9. The molecule has 2 rings (SSSR count). The molecule has 0 N–H and O–H groups in total. The third-order valence-corrected chi connectivity index (χ3v) is 7.45. The largest absolute Gasteiger partial charge is 0.494 e. The van der Waals surface area contributed by atoms with Gasteiger partial charge < -0.3 is 14.0 Å². The van der Waals surface area contributed by atoms with Crippen LogP contribution in [0.5, 0.6) is 5.75 Å². The molecule has 0 bridgehead atoms. The molecular formula is C34H54NO3+. The van der Waals surface area contributed by atoms with Crippen molar-refractivity contribution < 1.29 is 18.8 Å². The highest BCUT2D eigenvalue weighted by Gasteiger charge is 2.34. The van der Waals surface area contributed by atoms with E-state index in [1.807, 2.05) is 24.3 Å². The maximum Gasteiger partial charge on any atom is 0.364 e. The standard InChI is InChI=1S/C34H54NO3/c1-5-7-8-9-10-11-12-13-15-21-30-24-20-25-32(28-30)37-26-18-19-27-38-34(36)33(6-2)35(3,4)29-31-22-16-14-17-23-31/h14,16-17,20,22-25,28,33H,5-13,15,18-19,21,26-27,29H2,1-4H3/q+1. The van der Waals surface area contributed by atoms with Crippen LogP contribution < -0.4 is 4.74 Å². The van der Waals surface area contributed by atoms with Crippen LogP contribution in [0.1, 0.15) is 102 Å². The van der Waals surface area contributed by atoms with E-state index in [-0.39, 0.29) is 12.0 Å². The SMILES string of the molecule is CCCCCCCCCCCc1cccc(OCCCCOC(=O)C(CC)[N+](C)(C)Cc2ccccc2)c1. The zero-order chi connectivity index (χ0) is 27.5. The van der Waals surface area contributed by atoms with Gasteiger partial charge in [0.15, 0.2) is 6.04 Å². The number of likely N-dealkylation sites (N-methyl/N-ethyl adjacent to an activating group) is 1. The highest BCUT2D eigenvalue weighted by Crippen LogP contribution is 2.19. The van der Waals surface area contributed by atoms with Crippen molar-refractivity contribution in [1.29, 1.82) is 0 Å². The number of carbonyl (C=O) groups excluding carboxylic acids is 1. The molecule has 0 amide bonds. The van der Waals surface area contributed by atoms with E-state index in [0.29, 0.717) is 17.7 Å². The predicted octanol–water partition coefficient (Wildman–Crippen LogP) is 8.52. The van der Waals surface area contributed by atoms with Gasteiger partial charge >= 0.3 is 5.97 Å². The third-order valence-electron chi connectivity index (χ3n) is 7.45. The molecule has 1 unspecified atom stereocenters. The molecule has 0 saturated heterocycles. The second-order valence-corrected chi connectivity index (χ2v) is 11.3. The maximum absolute atomic E-state index is 12.8. The maximum atomic E-state index is 12.8. The first kappa shape index (κ1) is 31.9. The molecular weight excluding hydrogens is 470 g/mol. The summed E-state index contributed by atoms with van der Waals surface area (Å²) in [5.41, 5.74) is 2.60. The molecule has 0 radical (unpaired) electrons. The van der Waals surface area contributed by atoms with E-state index in [4.69, 9.17) is 9.47 Å². The Kier molecular flexibility index (Phi) is 15.8. The van der Waals surface area contributed by atoms with E-state index in [9.17, 15) is 4.79 Å². The number of hydrogen-bond donors (Lipinski definition) is 0. The van der Waals surface area contributed by atoms with Crippen LogP contribution in [0.15, 0.2) is 54.6 Å². The first-order valence-corrected chi connectivity index (χ1v) is 15.2. The monoisotopic (exact) mass is 524 g/mol. The summed E-state index contributed by atoms with van der Waals surface area (Å²) in [6.07, 6.45) is 15.8. The normalized spacial score (nSPS) is 12.3. The van der Waals surface area contributed by atoms with E-state index in [1.165, 1.54) is 68.9 Å². The smallest absolute Gasteiger partial charge is 0.364 e. The van der Waals surface area contributed by atoms with Crippen LogP contribution in [-0.4, -0.2) is 43.8 Å². The Morgan fingerprint density at radius 2 is 1.37 bits per heavy atom. The Morgan fingerprint density at radius 1 is 0.737 bits per heavy atom. The zero-order valence-electron chi connectivity index (χ0n) is 24.8. The Hall–Kier alpha value is -2.33. The summed E-state index contributed by atoms with van der Waals surface area (Å²) in [6.45, 7) is 6.24. The summed E-state index contributed by atoms with van der Waals surface area (Å²) in [5, 5.41) is 0. The minimum Gasteiger partial charge on any atom is -0.494 e. The number of esters is 1. The number of carbonyl (C=O) groups is 1. The Balaban J connectivity index is 1.59. The summed E-state index contributed by atoms with van der Waals surface area (Å²) in [6, 6.07) is 18.7. The van der Waals surface area contributed by atoms with Crippen LogP contribution in [0, 0.1) is 0 Å². The molecule has 2 aromatic carbocycles. The fourth-order valence-corrected chi connectivity index (χ4v) is 5.20. The van der Waals surface area contributed by atoms with Gasteiger partial charge in [0.1, 0.15) is 12.3 Å². The summed E-state index contributed by atoms with van der Waals surface area (Å²) in [4.78, 5) is 12.8. The lowest BCUT2D eigenvalue weighted by atomic mass is 10.0. The van der Waals surface area contributed by atoms with Gasteiger partial charge in [0, 0.05) is 12.0 Å². The van der Waals surface area contributed by atoms with Gasteiger partial charge in [0.2, 0.25) is 0 Å². The van der Waals surface area contributed by atoms with Crippen molar-refractivity contribution in [2.24, 2.45) is 0 Å². The van der Waals surface area contributed by atoms with Crippen molar-refractivity contribution in [2.45, 2.75) is 110 Å². The molecule has 0 aliphatic heterocycles. The van der Waals surface area contributed by atoms with Crippen molar-refractivity contribution in [3.8, 4) is 5.75 Å². The van der Waals surface area contributed by atoms with Crippen LogP contribution in [0.2, 0.25) is 0 Å². The van der Waals surface area contributed by atoms with Gasteiger partial charge in [-0.05, 0) is 43.4 Å². The van der Waals surface area contributed by atoms with E-state index >= 15 is 0 Å². The van der Waals surface area contributed by atoms with Gasteiger partial charge in [0.25, 0.3) is 0 Å². The van der Waals surface area contributed by atoms with Crippen LogP contribution in [-0.2, 0) is 22.5 Å². The van der Waals surface area contributed by atoms with Gasteiger partial charge in [-0.2, -0.15) is 0 Å². The van der Waals surface area contributed by atoms with Crippen molar-refractivity contribution in [3.05, 3.63) is 65.7 Å². The molecule has 4 heteroatoms. The van der Waals surface area contributed by atoms with E-state index in [0.717, 1.165) is 38.0 Å². The number of benzene rings is 2. The number of aryl methyl sites for hydroxylation is 1. The van der Waals surface area contributed by atoms with Crippen molar-refractivity contribution in [3.63, 3.8) is 0 Å². The van der Waals surface area contributed by atoms with E-state index < -0.39 is 0 Å². The Morgan fingerprint density at radius 3 is 2.05 bits per heavy atom. The molecule has 0 heterocycles. The first-order chi connectivity index (χ1) is 18.5. The summed E-state index contributed by atoms with van der Waals surface area (Å²) >= 11 is 0. The molecule has 0 aliphatic carbocycles. The van der Waals surface area contributed by atoms with Gasteiger partial charge in [-0.1, -0.05) is 108 Å². The minimum absolute atomic E-state index is 0.0986. The average Bonchev–Trinajstić information content (AvgIpc) is 2.90. The van der Waals surface area contributed by atoms with Crippen LogP contribution in [0.4, 0.5) is 0 Å². The zero-order valence-corrected chi connectivity index (χ0v) is 24.8. The minimum atomic E-state index is -0.167. The first-order valence-electron chi connectivity index (χ1n) is 15.2. The van der Waals surface area contributed by atoms with E-state index in [1.54, 1.807) is 0 Å². The second-order valence-electron chi connectivity index (χ2n) is 11.3. The summed E-state index contributed by atoms with van der Waals surface area (Å²) < 4.78 is 12.3. The molecule has 0 aliphatic rings. The fourth-order valence-electron chi connectivity index (χ4n) is 5.20. The molecule has 0 spiro atoms. The molecule has 212 valence electrons. The molecule has 0 saturated carbocycles. The second kappa shape index (κ2) is 18.8. The molecule has 4 nitrogen and oxygen atoms in total. The van der Waals surface area contributed by atoms with Crippen LogP contribution in [0.3, 0.4) is 0 Å². The third kappa shape index (κ3) is 13.0. The highest BCUT2D eigenvalue weighted by molar-refractivity contribution is 5.74. The Bertz CT molecular complexity index is 880. The molecule has 2 aromatic rings. The van der Waals surface area contributed by atoms with Crippen molar-refractivity contribution in [2.75, 3.05) is 27.3 Å². The fraction of sp³-hybridized carbons (Fsp3) is 0.618. The van der Waals surface area contributed by atoms with Gasteiger partial charge in [-0.25, -0.2) is 4.79 Å². The summed E-state index contributed by atoms with van der Waals surface area (Å²) in [5.74, 6) is 0.847. The summed E-state index contributed by atoms with van der Waals surface area (Å²) in [7, 11) is 4.22. The van der Waals surface area contributed by atoms with Crippen LogP contribution in [0.25, 0.3) is 0 Å². The number of hydrogen-bond acceptors (Lipinski definition) is 3. The number of nitrogens with zero attached hydrogens (tertiary/aromatic N) is 1. The van der Waals surface area contributed by atoms with Crippen molar-refractivity contribution in [1.82, 2.24) is 0 Å². The van der Waals surface area contributed by atoms with Gasteiger partial charge in [0.05, 0.1) is 27.3 Å². The number of quaternary nitrogens is 1. The average molecular weight is 525 g/mol. The highest BCUT2D eigenvalue weighted by atomic mass is 16.5. The lowest BCUT2D eigenvalue weighted by Crippen LogP contribution is -2.52. The van der Waals surface area contributed by atoms with E-state index in [2.05, 4.69) is 58.3 Å². The lowest BCUT2D eigenvalue weighted by Gasteiger charge is -2.36. The predicted molar refractivity (Wildman–Crippen MR) is 159 cm³/mol. The lowest BCUT2D eigenvalue weighted by molar-refractivity contribution is -0.919. The number of ether oxygens (including phenoxy) is 2. The molecule has 1 atom stereocenters.